The van der Waals surface area contributed by atoms with Crippen molar-refractivity contribution in [3.63, 3.8) is 0 Å². The number of rotatable bonds is 3. The summed E-state index contributed by atoms with van der Waals surface area (Å²) in [6.07, 6.45) is 6.25. The Kier molecular flexibility index (Phi) is 1.95. The van der Waals surface area contributed by atoms with Crippen molar-refractivity contribution in [2.24, 2.45) is 11.8 Å². The van der Waals surface area contributed by atoms with Crippen LogP contribution in [-0.4, -0.2) is 6.29 Å². The maximum absolute atomic E-state index is 11.0. The predicted octanol–water partition coefficient (Wildman–Crippen LogP) is 2.94. The number of hydrogen-bond donors (Lipinski definition) is 0. The highest BCUT2D eigenvalue weighted by Gasteiger charge is 2.60. The molecule has 2 atom stereocenters. The van der Waals surface area contributed by atoms with Crippen LogP contribution < -0.4 is 0 Å². The third kappa shape index (κ3) is 1.19. The molecule has 1 aromatic rings. The maximum Gasteiger partial charge on any atom is 0.124 e. The van der Waals surface area contributed by atoms with Gasteiger partial charge in [0.05, 0.1) is 0 Å². The van der Waals surface area contributed by atoms with Crippen molar-refractivity contribution >= 4 is 6.29 Å². The SMILES string of the molecule is O=CC1CC1(c1ccccc1)C1CCC1. The molecule has 1 heteroatoms. The molecule has 2 saturated carbocycles. The third-order valence-corrected chi connectivity index (χ3v) is 4.37. The molecule has 15 heavy (non-hydrogen) atoms. The molecule has 2 unspecified atom stereocenters. The fourth-order valence-electron chi connectivity index (χ4n) is 3.18. The van der Waals surface area contributed by atoms with Gasteiger partial charge in [0.2, 0.25) is 0 Å². The van der Waals surface area contributed by atoms with Gasteiger partial charge in [0.25, 0.3) is 0 Å². The van der Waals surface area contributed by atoms with Gasteiger partial charge < -0.3 is 4.79 Å². The normalized spacial score (nSPS) is 34.5. The average molecular weight is 200 g/mol. The second kappa shape index (κ2) is 3.19. The molecule has 0 radical (unpaired) electrons. The van der Waals surface area contributed by atoms with Crippen LogP contribution in [0.5, 0.6) is 0 Å². The lowest BCUT2D eigenvalue weighted by molar-refractivity contribution is -0.109. The molecule has 2 aliphatic rings. The molecular weight excluding hydrogens is 184 g/mol. The second-order valence-electron chi connectivity index (χ2n) is 4.98. The zero-order valence-electron chi connectivity index (χ0n) is 8.86. The summed E-state index contributed by atoms with van der Waals surface area (Å²) in [6.45, 7) is 0. The van der Waals surface area contributed by atoms with E-state index in [1.807, 2.05) is 0 Å². The van der Waals surface area contributed by atoms with Crippen LogP contribution in [0.25, 0.3) is 0 Å². The van der Waals surface area contributed by atoms with E-state index in [0.717, 1.165) is 12.3 Å². The third-order valence-electron chi connectivity index (χ3n) is 4.37. The van der Waals surface area contributed by atoms with Crippen LogP contribution in [0.1, 0.15) is 31.2 Å². The van der Waals surface area contributed by atoms with E-state index in [-0.39, 0.29) is 5.41 Å². The number of carbonyl (C=O) groups is 1. The van der Waals surface area contributed by atoms with Crippen LogP contribution in [0.2, 0.25) is 0 Å². The highest BCUT2D eigenvalue weighted by Crippen LogP contribution is 2.63. The van der Waals surface area contributed by atoms with E-state index in [1.165, 1.54) is 31.1 Å². The van der Waals surface area contributed by atoms with Crippen molar-refractivity contribution in [1.82, 2.24) is 0 Å². The van der Waals surface area contributed by atoms with E-state index in [1.54, 1.807) is 0 Å². The summed E-state index contributed by atoms with van der Waals surface area (Å²) >= 11 is 0. The molecule has 2 aliphatic carbocycles. The van der Waals surface area contributed by atoms with Gasteiger partial charge >= 0.3 is 0 Å². The minimum atomic E-state index is 0.237. The largest absolute Gasteiger partial charge is 0.303 e. The summed E-state index contributed by atoms with van der Waals surface area (Å²) in [5.41, 5.74) is 1.63. The quantitative estimate of drug-likeness (QED) is 0.686. The van der Waals surface area contributed by atoms with Crippen LogP contribution in [0.4, 0.5) is 0 Å². The highest BCUT2D eigenvalue weighted by molar-refractivity contribution is 5.65. The first-order chi connectivity index (χ1) is 7.38. The van der Waals surface area contributed by atoms with Crippen LogP contribution in [0, 0.1) is 11.8 Å². The predicted molar refractivity (Wildman–Crippen MR) is 59.6 cm³/mol. The lowest BCUT2D eigenvalue weighted by Gasteiger charge is -2.35. The van der Waals surface area contributed by atoms with Gasteiger partial charge in [0, 0.05) is 11.3 Å². The summed E-state index contributed by atoms with van der Waals surface area (Å²) in [7, 11) is 0. The van der Waals surface area contributed by atoms with E-state index in [0.29, 0.717) is 5.92 Å². The molecule has 0 spiro atoms. The zero-order chi connectivity index (χ0) is 10.3. The molecule has 0 N–H and O–H groups in total. The van der Waals surface area contributed by atoms with E-state index >= 15 is 0 Å². The number of hydrogen-bond acceptors (Lipinski definition) is 1. The second-order valence-corrected chi connectivity index (χ2v) is 4.98. The van der Waals surface area contributed by atoms with Gasteiger partial charge in [0.1, 0.15) is 6.29 Å². The van der Waals surface area contributed by atoms with Crippen molar-refractivity contribution in [3.05, 3.63) is 35.9 Å². The molecule has 0 bridgehead atoms. The molecule has 0 aliphatic heterocycles. The van der Waals surface area contributed by atoms with E-state index in [4.69, 9.17) is 0 Å². The molecular formula is C14H16O. The van der Waals surface area contributed by atoms with Gasteiger partial charge in [-0.3, -0.25) is 0 Å². The molecule has 2 fully saturated rings. The maximum atomic E-state index is 11.0. The summed E-state index contributed by atoms with van der Waals surface area (Å²) in [6, 6.07) is 10.6. The van der Waals surface area contributed by atoms with Gasteiger partial charge in [-0.15, -0.1) is 0 Å². The van der Waals surface area contributed by atoms with Crippen molar-refractivity contribution in [2.75, 3.05) is 0 Å². The average Bonchev–Trinajstić information content (AvgIpc) is 2.92. The Morgan fingerprint density at radius 2 is 1.93 bits per heavy atom. The minimum absolute atomic E-state index is 0.237. The molecule has 0 heterocycles. The first kappa shape index (κ1) is 9.14. The fourth-order valence-corrected chi connectivity index (χ4v) is 3.18. The Labute approximate surface area is 90.5 Å². The molecule has 0 amide bonds. The monoisotopic (exact) mass is 200 g/mol. The first-order valence-electron chi connectivity index (χ1n) is 5.89. The Morgan fingerprint density at radius 3 is 2.40 bits per heavy atom. The van der Waals surface area contributed by atoms with E-state index in [9.17, 15) is 4.79 Å². The number of benzene rings is 1. The van der Waals surface area contributed by atoms with Gasteiger partial charge in [-0.1, -0.05) is 36.8 Å². The van der Waals surface area contributed by atoms with Crippen LogP contribution >= 0.6 is 0 Å². The lowest BCUT2D eigenvalue weighted by Crippen LogP contribution is -2.29. The van der Waals surface area contributed by atoms with Gasteiger partial charge in [-0.05, 0) is 30.7 Å². The molecule has 3 rings (SSSR count). The summed E-state index contributed by atoms with van der Waals surface area (Å²) < 4.78 is 0. The molecule has 1 nitrogen and oxygen atoms in total. The molecule has 0 aromatic heterocycles. The van der Waals surface area contributed by atoms with Crippen LogP contribution in [-0.2, 0) is 10.2 Å². The standard InChI is InChI=1S/C14H16O/c15-10-13-9-14(13,12-7-4-8-12)11-5-2-1-3-6-11/h1-3,5-6,10,12-13H,4,7-9H2. The van der Waals surface area contributed by atoms with Crippen molar-refractivity contribution in [1.29, 1.82) is 0 Å². The van der Waals surface area contributed by atoms with E-state index in [2.05, 4.69) is 30.3 Å². The number of carbonyl (C=O) groups excluding carboxylic acids is 1. The summed E-state index contributed by atoms with van der Waals surface area (Å²) in [5.74, 6) is 1.07. The van der Waals surface area contributed by atoms with Crippen molar-refractivity contribution in [2.45, 2.75) is 31.1 Å². The molecule has 0 saturated heterocycles. The van der Waals surface area contributed by atoms with Crippen molar-refractivity contribution < 1.29 is 4.79 Å². The first-order valence-corrected chi connectivity index (χ1v) is 5.89. The minimum Gasteiger partial charge on any atom is -0.303 e. The fraction of sp³-hybridized carbons (Fsp3) is 0.500. The summed E-state index contributed by atoms with van der Waals surface area (Å²) in [4.78, 5) is 11.0. The Bertz CT molecular complexity index is 366. The molecule has 1 aromatic carbocycles. The smallest absolute Gasteiger partial charge is 0.124 e. The highest BCUT2D eigenvalue weighted by atomic mass is 16.1. The zero-order valence-corrected chi connectivity index (χ0v) is 8.86. The van der Waals surface area contributed by atoms with Crippen LogP contribution in [0.15, 0.2) is 30.3 Å². The Balaban J connectivity index is 1.95. The van der Waals surface area contributed by atoms with Gasteiger partial charge in [0.15, 0.2) is 0 Å². The molecule has 78 valence electrons. The summed E-state index contributed by atoms with van der Waals surface area (Å²) in [5, 5.41) is 0. The topological polar surface area (TPSA) is 17.1 Å². The lowest BCUT2D eigenvalue weighted by atomic mass is 9.69. The van der Waals surface area contributed by atoms with Gasteiger partial charge in [-0.2, -0.15) is 0 Å². The van der Waals surface area contributed by atoms with Crippen molar-refractivity contribution in [3.8, 4) is 0 Å². The Morgan fingerprint density at radius 1 is 1.20 bits per heavy atom. The Hall–Kier alpha value is -1.11. The van der Waals surface area contributed by atoms with Gasteiger partial charge in [-0.25, -0.2) is 0 Å². The van der Waals surface area contributed by atoms with E-state index < -0.39 is 0 Å². The number of aldehydes is 1. The van der Waals surface area contributed by atoms with Crippen LogP contribution in [0.3, 0.4) is 0 Å².